The van der Waals surface area contributed by atoms with Gasteiger partial charge in [-0.3, -0.25) is 0 Å². The van der Waals surface area contributed by atoms with E-state index in [1.165, 1.54) is 16.7 Å². The first-order valence-corrected chi connectivity index (χ1v) is 7.69. The number of fused-ring (bicyclic) bond motifs is 1. The van der Waals surface area contributed by atoms with E-state index in [0.717, 1.165) is 12.4 Å². The molecule has 1 heterocycles. The molecule has 0 radical (unpaired) electrons. The summed E-state index contributed by atoms with van der Waals surface area (Å²) in [4.78, 5) is 0. The van der Waals surface area contributed by atoms with E-state index < -0.39 is 0 Å². The van der Waals surface area contributed by atoms with Crippen LogP contribution in [0, 0.1) is 12.8 Å². The van der Waals surface area contributed by atoms with Gasteiger partial charge < -0.3 is 10.1 Å². The third-order valence-corrected chi connectivity index (χ3v) is 4.33. The van der Waals surface area contributed by atoms with Crippen LogP contribution in [0.3, 0.4) is 0 Å². The molecular formula is C19H23NO. The van der Waals surface area contributed by atoms with Crippen molar-refractivity contribution in [3.63, 3.8) is 0 Å². The molecule has 0 aliphatic carbocycles. The Morgan fingerprint density at radius 1 is 1.10 bits per heavy atom. The lowest BCUT2D eigenvalue weighted by atomic mass is 9.90. The first-order chi connectivity index (χ1) is 10.1. The lowest BCUT2D eigenvalue weighted by molar-refractivity contribution is 0.182. The second-order valence-corrected chi connectivity index (χ2v) is 6.10. The number of rotatable bonds is 3. The molecule has 110 valence electrons. The highest BCUT2D eigenvalue weighted by atomic mass is 16.5. The van der Waals surface area contributed by atoms with Gasteiger partial charge in [-0.15, -0.1) is 0 Å². The van der Waals surface area contributed by atoms with Crippen LogP contribution in [-0.2, 0) is 0 Å². The van der Waals surface area contributed by atoms with Crippen molar-refractivity contribution in [2.24, 2.45) is 5.92 Å². The van der Waals surface area contributed by atoms with Gasteiger partial charge >= 0.3 is 0 Å². The van der Waals surface area contributed by atoms with Gasteiger partial charge in [-0.05, 0) is 25.5 Å². The zero-order chi connectivity index (χ0) is 14.8. The van der Waals surface area contributed by atoms with E-state index in [2.05, 4.69) is 68.6 Å². The Balaban J connectivity index is 1.82. The average molecular weight is 281 g/mol. The minimum atomic E-state index is 0.323. The summed E-state index contributed by atoms with van der Waals surface area (Å²) in [5.74, 6) is 1.48. The second-order valence-electron chi connectivity index (χ2n) is 6.10. The summed E-state index contributed by atoms with van der Waals surface area (Å²) in [7, 11) is 0. The molecule has 0 saturated carbocycles. The molecular weight excluding hydrogens is 258 g/mol. The van der Waals surface area contributed by atoms with Gasteiger partial charge in [-0.2, -0.15) is 0 Å². The summed E-state index contributed by atoms with van der Waals surface area (Å²) in [5.41, 5.74) is 3.91. The fourth-order valence-electron chi connectivity index (χ4n) is 2.97. The second kappa shape index (κ2) is 5.90. The van der Waals surface area contributed by atoms with E-state index in [4.69, 9.17) is 4.74 Å². The van der Waals surface area contributed by atoms with Crippen molar-refractivity contribution in [1.29, 1.82) is 0 Å². The number of hydrogen-bond acceptors (Lipinski definition) is 2. The standard InChI is InChI=1S/C19H23NO/c1-13-8-10-16(11-9-13)15(3)20-19-14(2)12-21-18-7-5-4-6-17(18)19/h4-11,14-15,19-20H,12H2,1-3H3/t14?,15-,19?/m1/s1. The number of hydrogen-bond donors (Lipinski definition) is 1. The van der Waals surface area contributed by atoms with Crippen LogP contribution in [0.2, 0.25) is 0 Å². The van der Waals surface area contributed by atoms with Gasteiger partial charge in [0.2, 0.25) is 0 Å². The van der Waals surface area contributed by atoms with Crippen molar-refractivity contribution in [1.82, 2.24) is 5.32 Å². The molecule has 0 bridgehead atoms. The molecule has 0 saturated heterocycles. The van der Waals surface area contributed by atoms with Crippen LogP contribution in [0.15, 0.2) is 48.5 Å². The van der Waals surface area contributed by atoms with Crippen LogP contribution in [0.1, 0.15) is 42.6 Å². The largest absolute Gasteiger partial charge is 0.493 e. The van der Waals surface area contributed by atoms with Crippen molar-refractivity contribution in [3.8, 4) is 5.75 Å². The molecule has 2 aromatic rings. The maximum Gasteiger partial charge on any atom is 0.124 e. The zero-order valence-corrected chi connectivity index (χ0v) is 13.0. The molecule has 3 rings (SSSR count). The minimum Gasteiger partial charge on any atom is -0.493 e. The summed E-state index contributed by atoms with van der Waals surface area (Å²) in [6.07, 6.45) is 0. The lowest BCUT2D eigenvalue weighted by Gasteiger charge is -2.34. The van der Waals surface area contributed by atoms with Crippen LogP contribution >= 0.6 is 0 Å². The molecule has 2 nitrogen and oxygen atoms in total. The zero-order valence-electron chi connectivity index (χ0n) is 13.0. The normalized spacial score (nSPS) is 22.2. The predicted octanol–water partition coefficient (Wildman–Crippen LogP) is 4.42. The van der Waals surface area contributed by atoms with E-state index in [1.807, 2.05) is 6.07 Å². The fraction of sp³-hybridized carbons (Fsp3) is 0.368. The van der Waals surface area contributed by atoms with E-state index in [9.17, 15) is 0 Å². The summed E-state index contributed by atoms with van der Waals surface area (Å²) in [6.45, 7) is 7.37. The molecule has 1 N–H and O–H groups in total. The SMILES string of the molecule is Cc1ccc([C@@H](C)NC2c3ccccc3OCC2C)cc1. The minimum absolute atomic E-state index is 0.323. The van der Waals surface area contributed by atoms with Crippen molar-refractivity contribution in [3.05, 3.63) is 65.2 Å². The number of nitrogens with one attached hydrogen (secondary N) is 1. The monoisotopic (exact) mass is 281 g/mol. The Morgan fingerprint density at radius 2 is 1.81 bits per heavy atom. The predicted molar refractivity (Wildman–Crippen MR) is 86.6 cm³/mol. The number of aryl methyl sites for hydroxylation is 1. The summed E-state index contributed by atoms with van der Waals surface area (Å²) in [5, 5.41) is 3.78. The van der Waals surface area contributed by atoms with Crippen molar-refractivity contribution in [2.75, 3.05) is 6.61 Å². The third-order valence-electron chi connectivity index (χ3n) is 4.33. The fourth-order valence-corrected chi connectivity index (χ4v) is 2.97. The molecule has 2 aromatic carbocycles. The average Bonchev–Trinajstić information content (AvgIpc) is 2.51. The number of para-hydroxylation sites is 1. The molecule has 0 fully saturated rings. The Morgan fingerprint density at radius 3 is 2.57 bits per heavy atom. The summed E-state index contributed by atoms with van der Waals surface area (Å²) < 4.78 is 5.83. The summed E-state index contributed by atoms with van der Waals surface area (Å²) in [6, 6.07) is 17.8. The van der Waals surface area contributed by atoms with Crippen molar-refractivity contribution >= 4 is 0 Å². The molecule has 1 aliphatic heterocycles. The molecule has 0 amide bonds. The number of ether oxygens (including phenoxy) is 1. The smallest absolute Gasteiger partial charge is 0.124 e. The Labute approximate surface area is 127 Å². The first kappa shape index (κ1) is 14.2. The van der Waals surface area contributed by atoms with E-state index in [0.29, 0.717) is 18.0 Å². The third kappa shape index (κ3) is 2.96. The van der Waals surface area contributed by atoms with E-state index >= 15 is 0 Å². The molecule has 21 heavy (non-hydrogen) atoms. The van der Waals surface area contributed by atoms with Crippen molar-refractivity contribution in [2.45, 2.75) is 32.9 Å². The van der Waals surface area contributed by atoms with Crippen LogP contribution in [0.5, 0.6) is 5.75 Å². The van der Waals surface area contributed by atoms with E-state index in [-0.39, 0.29) is 0 Å². The van der Waals surface area contributed by atoms with Crippen LogP contribution < -0.4 is 10.1 Å². The molecule has 0 aromatic heterocycles. The number of benzene rings is 2. The van der Waals surface area contributed by atoms with Crippen LogP contribution in [-0.4, -0.2) is 6.61 Å². The van der Waals surface area contributed by atoms with Gasteiger partial charge in [0.1, 0.15) is 5.75 Å². The quantitative estimate of drug-likeness (QED) is 0.899. The van der Waals surface area contributed by atoms with Gasteiger partial charge in [0.05, 0.1) is 6.61 Å². The maximum atomic E-state index is 5.83. The summed E-state index contributed by atoms with van der Waals surface area (Å²) >= 11 is 0. The maximum absolute atomic E-state index is 5.83. The van der Waals surface area contributed by atoms with Crippen LogP contribution in [0.4, 0.5) is 0 Å². The highest BCUT2D eigenvalue weighted by Gasteiger charge is 2.28. The Bertz CT molecular complexity index is 605. The lowest BCUT2D eigenvalue weighted by Crippen LogP contribution is -2.35. The van der Waals surface area contributed by atoms with Gasteiger partial charge in [0, 0.05) is 23.6 Å². The molecule has 1 aliphatic rings. The van der Waals surface area contributed by atoms with Gasteiger partial charge in [0.15, 0.2) is 0 Å². The van der Waals surface area contributed by atoms with Gasteiger partial charge in [-0.25, -0.2) is 0 Å². The highest BCUT2D eigenvalue weighted by Crippen LogP contribution is 2.36. The topological polar surface area (TPSA) is 21.3 Å². The molecule has 3 atom stereocenters. The highest BCUT2D eigenvalue weighted by molar-refractivity contribution is 5.38. The first-order valence-electron chi connectivity index (χ1n) is 7.69. The molecule has 0 spiro atoms. The van der Waals surface area contributed by atoms with Crippen molar-refractivity contribution < 1.29 is 4.74 Å². The van der Waals surface area contributed by atoms with Gasteiger partial charge in [0.25, 0.3) is 0 Å². The van der Waals surface area contributed by atoms with Gasteiger partial charge in [-0.1, -0.05) is 55.0 Å². The molecule has 2 heteroatoms. The molecule has 2 unspecified atom stereocenters. The van der Waals surface area contributed by atoms with E-state index in [1.54, 1.807) is 0 Å². The van der Waals surface area contributed by atoms with Crippen LogP contribution in [0.25, 0.3) is 0 Å². The Kier molecular flexibility index (Phi) is 3.98. The Hall–Kier alpha value is -1.80.